The molecule has 0 bridgehead atoms. The standard InChI is InChI=1S/C21H13ClF2N6O2/c22-18-16(10-5-26-29-20(10)17(19(18)24)13-2-1-3-32-13)12-7-30-8-14(27-15(30)6-25-12)28-21(31)9-4-11(9)23/h1-3,5-9,11H,4H2,(H,26,29)(H,28,31)/t9-,11+/m1/s1. The van der Waals surface area contributed by atoms with Gasteiger partial charge in [-0.1, -0.05) is 11.6 Å². The first kappa shape index (κ1) is 18.9. The molecule has 32 heavy (non-hydrogen) atoms. The molecule has 0 saturated heterocycles. The molecule has 11 heteroatoms. The number of alkyl halides is 1. The van der Waals surface area contributed by atoms with Gasteiger partial charge in [-0.25, -0.2) is 13.8 Å². The van der Waals surface area contributed by atoms with Gasteiger partial charge in [0, 0.05) is 17.1 Å². The summed E-state index contributed by atoms with van der Waals surface area (Å²) in [6.45, 7) is 0. The molecule has 160 valence electrons. The highest BCUT2D eigenvalue weighted by atomic mass is 35.5. The van der Waals surface area contributed by atoms with Gasteiger partial charge in [0.2, 0.25) is 5.91 Å². The Bertz CT molecular complexity index is 1510. The van der Waals surface area contributed by atoms with E-state index in [9.17, 15) is 9.18 Å². The van der Waals surface area contributed by atoms with E-state index in [1.54, 1.807) is 28.9 Å². The Morgan fingerprint density at radius 1 is 1.31 bits per heavy atom. The number of furan rings is 1. The second-order valence-electron chi connectivity index (χ2n) is 7.53. The van der Waals surface area contributed by atoms with Gasteiger partial charge in [0.1, 0.15) is 11.9 Å². The van der Waals surface area contributed by atoms with Crippen molar-refractivity contribution < 1.29 is 18.0 Å². The lowest BCUT2D eigenvalue weighted by molar-refractivity contribution is -0.117. The van der Waals surface area contributed by atoms with Crippen molar-refractivity contribution in [3.63, 3.8) is 0 Å². The number of H-pyrrole nitrogens is 1. The summed E-state index contributed by atoms with van der Waals surface area (Å²) in [4.78, 5) is 20.6. The first-order valence-corrected chi connectivity index (χ1v) is 10.1. The van der Waals surface area contributed by atoms with E-state index in [1.807, 2.05) is 0 Å². The van der Waals surface area contributed by atoms with Gasteiger partial charge in [-0.2, -0.15) is 5.10 Å². The molecule has 1 aliphatic carbocycles. The van der Waals surface area contributed by atoms with Crippen LogP contribution in [0.4, 0.5) is 14.6 Å². The molecule has 1 aromatic carbocycles. The van der Waals surface area contributed by atoms with E-state index in [-0.39, 0.29) is 22.8 Å². The minimum absolute atomic E-state index is 0.131. The monoisotopic (exact) mass is 454 g/mol. The Balaban J connectivity index is 1.45. The molecule has 5 aromatic rings. The largest absolute Gasteiger partial charge is 0.464 e. The fraction of sp³-hybridized carbons (Fsp3) is 0.143. The minimum Gasteiger partial charge on any atom is -0.464 e. The molecule has 4 heterocycles. The fourth-order valence-electron chi connectivity index (χ4n) is 3.76. The molecule has 1 aliphatic rings. The molecule has 0 unspecified atom stereocenters. The van der Waals surface area contributed by atoms with Crippen LogP contribution in [0.1, 0.15) is 6.42 Å². The normalized spacial score (nSPS) is 17.8. The number of rotatable bonds is 4. The van der Waals surface area contributed by atoms with Crippen molar-refractivity contribution >= 4 is 39.9 Å². The van der Waals surface area contributed by atoms with E-state index >= 15 is 4.39 Å². The van der Waals surface area contributed by atoms with Crippen LogP contribution >= 0.6 is 11.6 Å². The molecule has 8 nitrogen and oxygen atoms in total. The molecular formula is C21H13ClF2N6O2. The topological polar surface area (TPSA) is 101 Å². The Labute approximate surface area is 183 Å². The van der Waals surface area contributed by atoms with Crippen LogP contribution in [-0.2, 0) is 4.79 Å². The minimum atomic E-state index is -1.10. The number of hydrogen-bond donors (Lipinski definition) is 2. The van der Waals surface area contributed by atoms with Gasteiger partial charge in [-0.3, -0.25) is 14.9 Å². The van der Waals surface area contributed by atoms with Gasteiger partial charge >= 0.3 is 0 Å². The summed E-state index contributed by atoms with van der Waals surface area (Å²) in [5, 5.41) is 9.89. The van der Waals surface area contributed by atoms with Crippen molar-refractivity contribution in [1.29, 1.82) is 0 Å². The molecule has 2 atom stereocenters. The van der Waals surface area contributed by atoms with E-state index in [0.29, 0.717) is 33.6 Å². The van der Waals surface area contributed by atoms with Crippen LogP contribution in [0.15, 0.2) is 47.6 Å². The van der Waals surface area contributed by atoms with Gasteiger partial charge in [0.05, 0.1) is 52.6 Å². The molecule has 6 rings (SSSR count). The molecular weight excluding hydrogens is 442 g/mol. The summed E-state index contributed by atoms with van der Waals surface area (Å²) in [6, 6.07) is 3.29. The van der Waals surface area contributed by atoms with Crippen LogP contribution in [0.3, 0.4) is 0 Å². The summed E-state index contributed by atoms with van der Waals surface area (Å²) in [7, 11) is 0. The SMILES string of the molecule is O=C(Nc1cn2cc(-c3c(Cl)c(F)c(-c4ccco4)c4[nH]ncc34)ncc2n1)[C@@H]1C[C@@H]1F. The maximum atomic E-state index is 15.3. The third-order valence-corrected chi connectivity index (χ3v) is 5.81. The maximum Gasteiger partial charge on any atom is 0.231 e. The van der Waals surface area contributed by atoms with Crippen LogP contribution in [-0.4, -0.2) is 36.6 Å². The van der Waals surface area contributed by atoms with Crippen molar-refractivity contribution in [1.82, 2.24) is 24.6 Å². The highest BCUT2D eigenvalue weighted by Gasteiger charge is 2.43. The number of nitrogens with zero attached hydrogens (tertiary/aromatic N) is 4. The Kier molecular flexibility index (Phi) is 4.06. The number of halogens is 3. The van der Waals surface area contributed by atoms with E-state index in [0.717, 1.165) is 0 Å². The van der Waals surface area contributed by atoms with Gasteiger partial charge in [0.15, 0.2) is 17.3 Å². The van der Waals surface area contributed by atoms with Gasteiger partial charge in [0.25, 0.3) is 0 Å². The third kappa shape index (κ3) is 2.87. The Hall–Kier alpha value is -3.79. The van der Waals surface area contributed by atoms with Crippen molar-refractivity contribution in [2.75, 3.05) is 5.32 Å². The Morgan fingerprint density at radius 2 is 2.16 bits per heavy atom. The number of amides is 1. The summed E-state index contributed by atoms with van der Waals surface area (Å²) in [5.41, 5.74) is 1.77. The maximum absolute atomic E-state index is 15.3. The lowest BCUT2D eigenvalue weighted by atomic mass is 10.0. The summed E-state index contributed by atoms with van der Waals surface area (Å²) in [6.07, 6.45) is 6.77. The van der Waals surface area contributed by atoms with E-state index < -0.39 is 23.8 Å². The van der Waals surface area contributed by atoms with Crippen LogP contribution in [0.2, 0.25) is 5.02 Å². The average Bonchev–Trinajstić information content (AvgIpc) is 3.21. The first-order valence-electron chi connectivity index (χ1n) is 9.69. The predicted octanol–water partition coefficient (Wildman–Crippen LogP) is 4.62. The molecule has 1 saturated carbocycles. The van der Waals surface area contributed by atoms with Crippen molar-refractivity contribution in [3.8, 4) is 22.6 Å². The summed E-state index contributed by atoms with van der Waals surface area (Å²) < 4.78 is 35.4. The van der Waals surface area contributed by atoms with Crippen molar-refractivity contribution in [3.05, 3.63) is 54.0 Å². The van der Waals surface area contributed by atoms with E-state index in [4.69, 9.17) is 16.0 Å². The van der Waals surface area contributed by atoms with Crippen LogP contribution in [0, 0.1) is 11.7 Å². The number of carbonyl (C=O) groups excluding carboxylic acids is 1. The molecule has 0 aliphatic heterocycles. The van der Waals surface area contributed by atoms with Crippen LogP contribution in [0.25, 0.3) is 39.1 Å². The van der Waals surface area contributed by atoms with E-state index in [1.165, 1.54) is 18.7 Å². The number of anilines is 1. The lowest BCUT2D eigenvalue weighted by Gasteiger charge is -2.11. The quantitative estimate of drug-likeness (QED) is 0.412. The Morgan fingerprint density at radius 3 is 2.91 bits per heavy atom. The number of hydrogen-bond acceptors (Lipinski definition) is 5. The smallest absolute Gasteiger partial charge is 0.231 e. The number of carbonyl (C=O) groups is 1. The van der Waals surface area contributed by atoms with Gasteiger partial charge < -0.3 is 14.1 Å². The van der Waals surface area contributed by atoms with Crippen molar-refractivity contribution in [2.45, 2.75) is 12.6 Å². The van der Waals surface area contributed by atoms with E-state index in [2.05, 4.69) is 25.5 Å². The first-order chi connectivity index (χ1) is 15.5. The number of aromatic nitrogens is 5. The lowest BCUT2D eigenvalue weighted by Crippen LogP contribution is -2.15. The average molecular weight is 455 g/mol. The number of aromatic amines is 1. The molecule has 1 amide bonds. The highest BCUT2D eigenvalue weighted by Crippen LogP contribution is 2.42. The summed E-state index contributed by atoms with van der Waals surface area (Å²) in [5.74, 6) is -1.12. The van der Waals surface area contributed by atoms with Crippen molar-refractivity contribution in [2.24, 2.45) is 5.92 Å². The van der Waals surface area contributed by atoms with Gasteiger partial charge in [-0.05, 0) is 18.6 Å². The molecule has 0 spiro atoms. The third-order valence-electron chi connectivity index (χ3n) is 5.46. The number of benzene rings is 1. The highest BCUT2D eigenvalue weighted by molar-refractivity contribution is 6.35. The fourth-order valence-corrected chi connectivity index (χ4v) is 4.05. The predicted molar refractivity (Wildman–Crippen MR) is 112 cm³/mol. The van der Waals surface area contributed by atoms with Gasteiger partial charge in [-0.15, -0.1) is 0 Å². The van der Waals surface area contributed by atoms with Crippen LogP contribution in [0.5, 0.6) is 0 Å². The zero-order chi connectivity index (χ0) is 22.0. The second-order valence-corrected chi connectivity index (χ2v) is 7.90. The molecule has 2 N–H and O–H groups in total. The number of fused-ring (bicyclic) bond motifs is 2. The number of imidazole rings is 1. The summed E-state index contributed by atoms with van der Waals surface area (Å²) >= 11 is 6.45. The zero-order valence-corrected chi connectivity index (χ0v) is 16.9. The second kappa shape index (κ2) is 6.86. The molecule has 0 radical (unpaired) electrons. The molecule has 4 aromatic heterocycles. The molecule has 1 fully saturated rings. The number of nitrogens with one attached hydrogen (secondary N) is 2. The van der Waals surface area contributed by atoms with Crippen LogP contribution < -0.4 is 5.32 Å². The zero-order valence-electron chi connectivity index (χ0n) is 16.1.